The molecule has 0 atom stereocenters. The Labute approximate surface area is 101 Å². The highest BCUT2D eigenvalue weighted by Gasteiger charge is 2.29. The molecule has 0 bridgehead atoms. The van der Waals surface area contributed by atoms with Crippen LogP contribution in [0.4, 0.5) is 0 Å². The Morgan fingerprint density at radius 1 is 1.00 bits per heavy atom. The van der Waals surface area contributed by atoms with E-state index in [2.05, 4.69) is 24.2 Å². The molecule has 0 amide bonds. The van der Waals surface area contributed by atoms with Gasteiger partial charge in [-0.15, -0.1) is 0 Å². The molecule has 2 rings (SSSR count). The van der Waals surface area contributed by atoms with Crippen molar-refractivity contribution in [2.75, 3.05) is 20.1 Å². The van der Waals surface area contributed by atoms with E-state index in [-0.39, 0.29) is 0 Å². The second kappa shape index (κ2) is 5.50. The molecule has 1 aliphatic carbocycles. The van der Waals surface area contributed by atoms with Crippen molar-refractivity contribution in [2.24, 2.45) is 0 Å². The largest absolute Gasteiger partial charge is 0.309 e. The predicted molar refractivity (Wildman–Crippen MR) is 69.8 cm³/mol. The first-order valence-electron chi connectivity index (χ1n) is 7.14. The fourth-order valence-corrected chi connectivity index (χ4v) is 3.30. The second-order valence-electron chi connectivity index (χ2n) is 6.20. The van der Waals surface area contributed by atoms with Gasteiger partial charge in [0.15, 0.2) is 0 Å². The van der Waals surface area contributed by atoms with Gasteiger partial charge in [-0.2, -0.15) is 0 Å². The molecule has 2 aliphatic rings. The van der Waals surface area contributed by atoms with E-state index in [1.54, 1.807) is 0 Å². The summed E-state index contributed by atoms with van der Waals surface area (Å²) in [5.74, 6) is 0. The first kappa shape index (κ1) is 12.4. The van der Waals surface area contributed by atoms with E-state index in [9.17, 15) is 0 Å². The first-order valence-corrected chi connectivity index (χ1v) is 7.14. The van der Waals surface area contributed by atoms with Crippen molar-refractivity contribution in [1.29, 1.82) is 0 Å². The Balaban J connectivity index is 1.82. The average molecular weight is 224 g/mol. The maximum Gasteiger partial charge on any atom is 0.0155 e. The average Bonchev–Trinajstić information content (AvgIpc) is 2.47. The van der Waals surface area contributed by atoms with Crippen molar-refractivity contribution in [2.45, 2.75) is 69.9 Å². The van der Waals surface area contributed by atoms with Gasteiger partial charge in [0, 0.05) is 11.6 Å². The van der Waals surface area contributed by atoms with E-state index in [4.69, 9.17) is 0 Å². The summed E-state index contributed by atoms with van der Waals surface area (Å²) in [6, 6.07) is 0.777. The first-order chi connectivity index (χ1) is 7.68. The Morgan fingerprint density at radius 3 is 2.12 bits per heavy atom. The van der Waals surface area contributed by atoms with Gasteiger partial charge in [0.1, 0.15) is 0 Å². The standard InChI is InChI=1S/C14H28N2/c1-14(9-5-3-4-6-10-14)15-13-7-11-16(2)12-8-13/h13,15H,3-12H2,1-2H3. The Hall–Kier alpha value is -0.0800. The summed E-state index contributed by atoms with van der Waals surface area (Å²) in [6.45, 7) is 5.00. The molecule has 1 heterocycles. The van der Waals surface area contributed by atoms with Crippen LogP contribution in [0.15, 0.2) is 0 Å². The van der Waals surface area contributed by atoms with Gasteiger partial charge in [-0.3, -0.25) is 0 Å². The summed E-state index contributed by atoms with van der Waals surface area (Å²) in [5.41, 5.74) is 0.442. The molecular weight excluding hydrogens is 196 g/mol. The van der Waals surface area contributed by atoms with Crippen LogP contribution in [0.5, 0.6) is 0 Å². The molecule has 1 N–H and O–H groups in total. The minimum Gasteiger partial charge on any atom is -0.309 e. The highest BCUT2D eigenvalue weighted by atomic mass is 15.1. The zero-order valence-corrected chi connectivity index (χ0v) is 11.1. The van der Waals surface area contributed by atoms with Crippen LogP contribution in [0.1, 0.15) is 58.3 Å². The lowest BCUT2D eigenvalue weighted by molar-refractivity contribution is 0.188. The number of hydrogen-bond donors (Lipinski definition) is 1. The molecule has 0 aromatic heterocycles. The highest BCUT2D eigenvalue weighted by Crippen LogP contribution is 2.28. The number of hydrogen-bond acceptors (Lipinski definition) is 2. The van der Waals surface area contributed by atoms with Crippen LogP contribution in [-0.2, 0) is 0 Å². The van der Waals surface area contributed by atoms with Crippen LogP contribution in [-0.4, -0.2) is 36.6 Å². The van der Waals surface area contributed by atoms with Crippen LogP contribution < -0.4 is 5.32 Å². The minimum atomic E-state index is 0.442. The smallest absolute Gasteiger partial charge is 0.0155 e. The Morgan fingerprint density at radius 2 is 1.56 bits per heavy atom. The summed E-state index contributed by atoms with van der Waals surface area (Å²) in [4.78, 5) is 2.45. The van der Waals surface area contributed by atoms with Crippen molar-refractivity contribution < 1.29 is 0 Å². The summed E-state index contributed by atoms with van der Waals surface area (Å²) in [7, 11) is 2.24. The van der Waals surface area contributed by atoms with Crippen molar-refractivity contribution >= 4 is 0 Å². The quantitative estimate of drug-likeness (QED) is 0.726. The Kier molecular flexibility index (Phi) is 4.26. The lowest BCUT2D eigenvalue weighted by Crippen LogP contribution is -2.51. The lowest BCUT2D eigenvalue weighted by Gasteiger charge is -2.38. The fraction of sp³-hybridized carbons (Fsp3) is 1.00. The van der Waals surface area contributed by atoms with Gasteiger partial charge >= 0.3 is 0 Å². The van der Waals surface area contributed by atoms with Crippen LogP contribution in [0.2, 0.25) is 0 Å². The normalized spacial score (nSPS) is 28.9. The van der Waals surface area contributed by atoms with E-state index >= 15 is 0 Å². The van der Waals surface area contributed by atoms with Crippen LogP contribution >= 0.6 is 0 Å². The van der Waals surface area contributed by atoms with Gasteiger partial charge in [0.05, 0.1) is 0 Å². The summed E-state index contributed by atoms with van der Waals surface area (Å²) < 4.78 is 0. The second-order valence-corrected chi connectivity index (χ2v) is 6.20. The van der Waals surface area contributed by atoms with E-state index in [0.29, 0.717) is 5.54 Å². The van der Waals surface area contributed by atoms with Gasteiger partial charge < -0.3 is 10.2 Å². The zero-order valence-electron chi connectivity index (χ0n) is 11.1. The molecule has 0 aromatic carbocycles. The number of rotatable bonds is 2. The van der Waals surface area contributed by atoms with Crippen LogP contribution in [0.3, 0.4) is 0 Å². The number of nitrogens with one attached hydrogen (secondary N) is 1. The summed E-state index contributed by atoms with van der Waals surface area (Å²) in [6.07, 6.45) is 11.2. The van der Waals surface area contributed by atoms with Gasteiger partial charge in [-0.25, -0.2) is 0 Å². The molecule has 0 spiro atoms. The fourth-order valence-electron chi connectivity index (χ4n) is 3.30. The molecule has 2 fully saturated rings. The van der Waals surface area contributed by atoms with Gasteiger partial charge in [0.25, 0.3) is 0 Å². The topological polar surface area (TPSA) is 15.3 Å². The molecule has 0 radical (unpaired) electrons. The van der Waals surface area contributed by atoms with Crippen molar-refractivity contribution in [3.8, 4) is 0 Å². The number of likely N-dealkylation sites (tertiary alicyclic amines) is 1. The highest BCUT2D eigenvalue weighted by molar-refractivity contribution is 4.89. The van der Waals surface area contributed by atoms with E-state index in [1.807, 2.05) is 0 Å². The maximum atomic E-state index is 3.97. The molecule has 2 nitrogen and oxygen atoms in total. The minimum absolute atomic E-state index is 0.442. The molecule has 1 saturated heterocycles. The van der Waals surface area contributed by atoms with Crippen LogP contribution in [0.25, 0.3) is 0 Å². The summed E-state index contributed by atoms with van der Waals surface area (Å²) >= 11 is 0. The van der Waals surface area contributed by atoms with Crippen molar-refractivity contribution in [3.63, 3.8) is 0 Å². The van der Waals surface area contributed by atoms with E-state index in [0.717, 1.165) is 6.04 Å². The van der Waals surface area contributed by atoms with Gasteiger partial charge in [-0.1, -0.05) is 25.7 Å². The Bertz CT molecular complexity index is 199. The molecule has 94 valence electrons. The third-order valence-corrected chi connectivity index (χ3v) is 4.48. The third-order valence-electron chi connectivity index (χ3n) is 4.48. The third kappa shape index (κ3) is 3.46. The molecule has 16 heavy (non-hydrogen) atoms. The molecular formula is C14H28N2. The molecule has 0 unspecified atom stereocenters. The number of nitrogens with zero attached hydrogens (tertiary/aromatic N) is 1. The van der Waals surface area contributed by atoms with Crippen molar-refractivity contribution in [1.82, 2.24) is 10.2 Å². The van der Waals surface area contributed by atoms with Crippen molar-refractivity contribution in [3.05, 3.63) is 0 Å². The maximum absolute atomic E-state index is 3.97. The van der Waals surface area contributed by atoms with Crippen LogP contribution in [0, 0.1) is 0 Å². The molecule has 2 heteroatoms. The van der Waals surface area contributed by atoms with Gasteiger partial charge in [0.2, 0.25) is 0 Å². The van der Waals surface area contributed by atoms with Gasteiger partial charge in [-0.05, 0) is 52.7 Å². The molecule has 0 aromatic rings. The monoisotopic (exact) mass is 224 g/mol. The predicted octanol–water partition coefficient (Wildman–Crippen LogP) is 2.78. The number of piperidine rings is 1. The molecule has 1 aliphatic heterocycles. The van der Waals surface area contributed by atoms with E-state index < -0.39 is 0 Å². The zero-order chi connectivity index (χ0) is 11.4. The molecule has 1 saturated carbocycles. The van der Waals surface area contributed by atoms with E-state index in [1.165, 1.54) is 64.5 Å². The summed E-state index contributed by atoms with van der Waals surface area (Å²) in [5, 5.41) is 3.97. The lowest BCUT2D eigenvalue weighted by atomic mass is 9.90. The SMILES string of the molecule is CN1CCC(NC2(C)CCCCCC2)CC1.